The largest absolute Gasteiger partial charge is 0.394 e. The van der Waals surface area contributed by atoms with Crippen molar-refractivity contribution in [3.8, 4) is 6.07 Å². The Balaban J connectivity index is 0.000000185. The van der Waals surface area contributed by atoms with Gasteiger partial charge in [0.15, 0.2) is 0 Å². The lowest BCUT2D eigenvalue weighted by Gasteiger charge is -2.38. The number of carbonyl (C=O) groups excluding carboxylic acids is 1. The zero-order valence-electron chi connectivity index (χ0n) is 15.3. The van der Waals surface area contributed by atoms with E-state index in [9.17, 15) is 9.90 Å². The molecule has 2 bridgehead atoms. The van der Waals surface area contributed by atoms with E-state index in [0.29, 0.717) is 5.54 Å². The lowest BCUT2D eigenvalue weighted by molar-refractivity contribution is -0.135. The van der Waals surface area contributed by atoms with Gasteiger partial charge < -0.3 is 14.7 Å². The van der Waals surface area contributed by atoms with Crippen molar-refractivity contribution in [2.24, 2.45) is 0 Å². The van der Waals surface area contributed by atoms with Gasteiger partial charge in [-0.2, -0.15) is 5.26 Å². The minimum Gasteiger partial charge on any atom is -0.394 e. The van der Waals surface area contributed by atoms with Crippen LogP contribution in [0.3, 0.4) is 0 Å². The first-order chi connectivity index (χ1) is 11.3. The fourth-order valence-electron chi connectivity index (χ4n) is 4.12. The smallest absolute Gasteiger partial charge is 0.237 e. The number of hydrogen-bond acceptors (Lipinski definition) is 5. The third kappa shape index (κ3) is 4.08. The van der Waals surface area contributed by atoms with E-state index in [1.165, 1.54) is 0 Å². The van der Waals surface area contributed by atoms with Gasteiger partial charge in [-0.1, -0.05) is 0 Å². The monoisotopic (exact) mass is 337 g/mol. The normalized spacial score (nSPS) is 29.8. The van der Waals surface area contributed by atoms with Crippen molar-refractivity contribution in [3.05, 3.63) is 0 Å². The topological polar surface area (TPSA) is 76.8 Å². The maximum atomic E-state index is 11.7. The van der Waals surface area contributed by atoms with Crippen molar-refractivity contribution in [1.82, 2.24) is 9.80 Å². The molecule has 6 heteroatoms. The van der Waals surface area contributed by atoms with Gasteiger partial charge >= 0.3 is 0 Å². The van der Waals surface area contributed by atoms with Gasteiger partial charge in [-0.15, -0.1) is 0 Å². The lowest BCUT2D eigenvalue weighted by Crippen LogP contribution is -2.47. The summed E-state index contributed by atoms with van der Waals surface area (Å²) in [4.78, 5) is 15.9. The number of rotatable bonds is 2. The number of ether oxygens (including phenoxy) is 1. The Morgan fingerprint density at radius 1 is 1.29 bits per heavy atom. The molecule has 3 aliphatic rings. The van der Waals surface area contributed by atoms with E-state index < -0.39 is 0 Å². The second kappa shape index (κ2) is 7.81. The van der Waals surface area contributed by atoms with Crippen LogP contribution in [0.15, 0.2) is 0 Å². The van der Waals surface area contributed by atoms with Gasteiger partial charge in [0, 0.05) is 24.7 Å². The number of aliphatic hydroxyl groups excluding tert-OH is 1. The molecule has 0 saturated carbocycles. The number of aliphatic hydroxyl groups is 1. The maximum Gasteiger partial charge on any atom is 0.237 e. The molecule has 0 spiro atoms. The third-order valence-corrected chi connectivity index (χ3v) is 5.52. The molecule has 0 aromatic carbocycles. The number of nitrogens with zero attached hydrogens (tertiary/aromatic N) is 3. The Hall–Kier alpha value is -1.16. The lowest BCUT2D eigenvalue weighted by atomic mass is 9.88. The maximum absolute atomic E-state index is 11.7. The molecule has 0 aromatic rings. The summed E-state index contributed by atoms with van der Waals surface area (Å²) < 4.78 is 5.25. The Labute approximate surface area is 145 Å². The highest BCUT2D eigenvalue weighted by atomic mass is 16.5. The van der Waals surface area contributed by atoms with E-state index in [4.69, 9.17) is 10.00 Å². The number of morpholine rings is 1. The summed E-state index contributed by atoms with van der Waals surface area (Å²) in [5, 5.41) is 17.8. The summed E-state index contributed by atoms with van der Waals surface area (Å²) in [6, 6.07) is 2.16. The molecule has 0 radical (unpaired) electrons. The van der Waals surface area contributed by atoms with Crippen molar-refractivity contribution < 1.29 is 14.6 Å². The predicted molar refractivity (Wildman–Crippen MR) is 91.3 cm³/mol. The summed E-state index contributed by atoms with van der Waals surface area (Å²) in [7, 11) is 0. The van der Waals surface area contributed by atoms with E-state index in [2.05, 4.69) is 25.7 Å². The highest BCUT2D eigenvalue weighted by Crippen LogP contribution is 2.46. The standard InChI is InChI=1S/C10H14N2O2.C8H17NO/c11-6-3-9(14)12-8-1-4-10(12,7-13)5-2-8;1-8(2,3)9-4-6-10-7-5-9/h8,13H,1-5,7H2;4-7H2,1-3H3. The molecule has 24 heavy (non-hydrogen) atoms. The second-order valence-corrected chi connectivity index (χ2v) is 7.98. The fourth-order valence-corrected chi connectivity index (χ4v) is 4.12. The zero-order chi connectivity index (χ0) is 17.8. The van der Waals surface area contributed by atoms with Crippen LogP contribution in [-0.4, -0.2) is 70.8 Å². The van der Waals surface area contributed by atoms with Gasteiger partial charge in [-0.3, -0.25) is 9.69 Å². The summed E-state index contributed by atoms with van der Waals surface area (Å²) >= 11 is 0. The van der Waals surface area contributed by atoms with Gasteiger partial charge in [0.1, 0.15) is 6.42 Å². The van der Waals surface area contributed by atoms with Crippen LogP contribution in [0.1, 0.15) is 52.9 Å². The highest BCUT2D eigenvalue weighted by molar-refractivity contribution is 5.80. The second-order valence-electron chi connectivity index (χ2n) is 7.98. The quantitative estimate of drug-likeness (QED) is 0.827. The molecule has 3 fully saturated rings. The number of amides is 1. The van der Waals surface area contributed by atoms with Crippen LogP contribution in [-0.2, 0) is 9.53 Å². The molecule has 6 nitrogen and oxygen atoms in total. The van der Waals surface area contributed by atoms with Crippen LogP contribution in [0.2, 0.25) is 0 Å². The van der Waals surface area contributed by atoms with Crippen molar-refractivity contribution in [2.45, 2.75) is 70.0 Å². The third-order valence-electron chi connectivity index (χ3n) is 5.52. The molecule has 0 atom stereocenters. The van der Waals surface area contributed by atoms with Gasteiger partial charge in [0.2, 0.25) is 5.91 Å². The van der Waals surface area contributed by atoms with Crippen LogP contribution in [0.4, 0.5) is 0 Å². The number of fused-ring (bicyclic) bond motifs is 2. The summed E-state index contributed by atoms with van der Waals surface area (Å²) in [5.41, 5.74) is 0.00236. The summed E-state index contributed by atoms with van der Waals surface area (Å²) in [5.74, 6) is -0.110. The summed E-state index contributed by atoms with van der Waals surface area (Å²) in [6.45, 7) is 10.8. The van der Waals surface area contributed by atoms with E-state index >= 15 is 0 Å². The molecule has 0 unspecified atom stereocenters. The highest BCUT2D eigenvalue weighted by Gasteiger charge is 2.53. The number of carbonyl (C=O) groups is 1. The average molecular weight is 337 g/mol. The van der Waals surface area contributed by atoms with Crippen molar-refractivity contribution >= 4 is 5.91 Å². The van der Waals surface area contributed by atoms with E-state index in [0.717, 1.165) is 52.0 Å². The van der Waals surface area contributed by atoms with E-state index in [1.54, 1.807) is 4.90 Å². The van der Waals surface area contributed by atoms with Gasteiger partial charge in [0.05, 0.1) is 31.4 Å². The van der Waals surface area contributed by atoms with Crippen LogP contribution in [0.25, 0.3) is 0 Å². The Morgan fingerprint density at radius 3 is 2.29 bits per heavy atom. The molecule has 3 saturated heterocycles. The predicted octanol–water partition coefficient (Wildman–Crippen LogP) is 1.53. The van der Waals surface area contributed by atoms with E-state index in [1.807, 2.05) is 6.07 Å². The molecule has 3 heterocycles. The van der Waals surface area contributed by atoms with Crippen molar-refractivity contribution in [2.75, 3.05) is 32.9 Å². The minimum atomic E-state index is -0.321. The molecular weight excluding hydrogens is 306 g/mol. The first-order valence-corrected chi connectivity index (χ1v) is 8.97. The zero-order valence-corrected chi connectivity index (χ0v) is 15.3. The van der Waals surface area contributed by atoms with Crippen molar-refractivity contribution in [1.29, 1.82) is 5.26 Å². The molecule has 1 amide bonds. The fraction of sp³-hybridized carbons (Fsp3) is 0.889. The van der Waals surface area contributed by atoms with Gasteiger partial charge in [-0.05, 0) is 46.5 Å². The molecule has 0 aliphatic carbocycles. The van der Waals surface area contributed by atoms with Crippen molar-refractivity contribution in [3.63, 3.8) is 0 Å². The van der Waals surface area contributed by atoms with Gasteiger partial charge in [0.25, 0.3) is 0 Å². The Morgan fingerprint density at radius 2 is 1.88 bits per heavy atom. The Kier molecular flexibility index (Phi) is 6.24. The molecule has 0 aromatic heterocycles. The van der Waals surface area contributed by atoms with Gasteiger partial charge in [-0.25, -0.2) is 0 Å². The summed E-state index contributed by atoms with van der Waals surface area (Å²) in [6.07, 6.45) is 3.70. The van der Waals surface area contributed by atoms with Crippen LogP contribution in [0.5, 0.6) is 0 Å². The van der Waals surface area contributed by atoms with E-state index in [-0.39, 0.29) is 30.5 Å². The SMILES string of the molecule is CC(C)(C)N1CCOCC1.N#CCC(=O)N1C2CCC1(CO)CC2. The first kappa shape index (κ1) is 19.2. The van der Waals surface area contributed by atoms with Crippen LogP contribution in [0, 0.1) is 11.3 Å². The molecular formula is C18H31N3O3. The number of nitriles is 1. The number of hydrogen-bond donors (Lipinski definition) is 1. The molecule has 1 N–H and O–H groups in total. The molecule has 136 valence electrons. The Bertz CT molecular complexity index is 467. The molecule has 3 aliphatic heterocycles. The first-order valence-electron chi connectivity index (χ1n) is 8.97. The minimum absolute atomic E-state index is 0.0423. The van der Waals surface area contributed by atoms with Crippen LogP contribution >= 0.6 is 0 Å². The average Bonchev–Trinajstić information content (AvgIpc) is 3.12. The van der Waals surface area contributed by atoms with Crippen LogP contribution < -0.4 is 0 Å². The molecule has 3 rings (SSSR count).